The average molecular weight is 426 g/mol. The number of amides is 1. The van der Waals surface area contributed by atoms with Gasteiger partial charge in [-0.25, -0.2) is 4.98 Å². The van der Waals surface area contributed by atoms with E-state index in [4.69, 9.17) is 16.3 Å². The number of nitrogens with zero attached hydrogens (tertiary/aromatic N) is 2. The number of carbonyl (C=O) groups excluding carboxylic acids is 1. The second kappa shape index (κ2) is 8.06. The van der Waals surface area contributed by atoms with E-state index in [1.165, 1.54) is 29.3 Å². The summed E-state index contributed by atoms with van der Waals surface area (Å²) in [7, 11) is 1.50. The number of hydrogen-bond acceptors (Lipinski definition) is 5. The molecule has 4 rings (SSSR count). The Morgan fingerprint density at radius 3 is 2.76 bits per heavy atom. The zero-order valence-electron chi connectivity index (χ0n) is 15.4. The predicted molar refractivity (Wildman–Crippen MR) is 116 cm³/mol. The highest BCUT2D eigenvalue weighted by atomic mass is 35.5. The Balaban J connectivity index is 1.60. The number of nitrogens with one attached hydrogen (secondary N) is 1. The van der Waals surface area contributed by atoms with Crippen molar-refractivity contribution in [3.8, 4) is 16.2 Å². The van der Waals surface area contributed by atoms with Crippen LogP contribution in [0.5, 0.6) is 5.75 Å². The predicted octanol–water partition coefficient (Wildman–Crippen LogP) is 4.43. The maximum absolute atomic E-state index is 12.8. The molecule has 29 heavy (non-hydrogen) atoms. The van der Waals surface area contributed by atoms with Gasteiger partial charge in [-0.05, 0) is 29.8 Å². The first-order chi connectivity index (χ1) is 14.0. The molecule has 0 atom stereocenters. The number of halogens is 1. The number of hydrogen-bond donors (Lipinski definition) is 1. The third-order valence-electron chi connectivity index (χ3n) is 4.31. The SMILES string of the molecule is COc1ccc(Cl)cc1NC(=O)Cn1cnc2cc(-c3ccccc3)sc2c1=O. The second-order valence-corrected chi connectivity index (χ2v) is 7.75. The molecule has 2 heterocycles. The largest absolute Gasteiger partial charge is 0.495 e. The third-order valence-corrected chi connectivity index (χ3v) is 5.71. The maximum Gasteiger partial charge on any atom is 0.271 e. The van der Waals surface area contributed by atoms with E-state index in [1.807, 2.05) is 36.4 Å². The van der Waals surface area contributed by atoms with Gasteiger partial charge in [-0.3, -0.25) is 14.2 Å². The third kappa shape index (κ3) is 4.01. The van der Waals surface area contributed by atoms with Crippen molar-refractivity contribution in [2.24, 2.45) is 0 Å². The number of aromatic nitrogens is 2. The van der Waals surface area contributed by atoms with Gasteiger partial charge in [0.05, 0.1) is 24.6 Å². The standard InChI is InChI=1S/C21H16ClN3O3S/c1-28-17-8-7-14(22)9-15(17)24-19(26)11-25-12-23-16-10-18(29-20(16)21(25)27)13-5-3-2-4-6-13/h2-10,12H,11H2,1H3,(H,24,26). The van der Waals surface area contributed by atoms with E-state index in [-0.39, 0.29) is 18.0 Å². The molecule has 6 nitrogen and oxygen atoms in total. The number of fused-ring (bicyclic) bond motifs is 1. The van der Waals surface area contributed by atoms with Gasteiger partial charge in [0.2, 0.25) is 5.91 Å². The summed E-state index contributed by atoms with van der Waals surface area (Å²) in [5.74, 6) is 0.100. The van der Waals surface area contributed by atoms with Crippen LogP contribution in [0.3, 0.4) is 0 Å². The van der Waals surface area contributed by atoms with Crippen LogP contribution in [0.25, 0.3) is 20.7 Å². The van der Waals surface area contributed by atoms with E-state index in [2.05, 4.69) is 10.3 Å². The van der Waals surface area contributed by atoms with Crippen molar-refractivity contribution in [2.75, 3.05) is 12.4 Å². The highest BCUT2D eigenvalue weighted by Crippen LogP contribution is 2.30. The molecule has 0 aliphatic heterocycles. The maximum atomic E-state index is 12.8. The van der Waals surface area contributed by atoms with Crippen molar-refractivity contribution in [1.29, 1.82) is 0 Å². The summed E-state index contributed by atoms with van der Waals surface area (Å²) in [5, 5.41) is 3.19. The molecule has 146 valence electrons. The Morgan fingerprint density at radius 2 is 2.00 bits per heavy atom. The van der Waals surface area contributed by atoms with Crippen LogP contribution >= 0.6 is 22.9 Å². The molecule has 8 heteroatoms. The van der Waals surface area contributed by atoms with E-state index < -0.39 is 0 Å². The Bertz CT molecular complexity index is 1250. The van der Waals surface area contributed by atoms with Gasteiger partial charge in [0, 0.05) is 9.90 Å². The first kappa shape index (κ1) is 19.2. The second-order valence-electron chi connectivity index (χ2n) is 6.26. The fourth-order valence-electron chi connectivity index (χ4n) is 2.92. The van der Waals surface area contributed by atoms with Crippen molar-refractivity contribution in [2.45, 2.75) is 6.54 Å². The summed E-state index contributed by atoms with van der Waals surface area (Å²) in [5.41, 5.74) is 1.82. The quantitative estimate of drug-likeness (QED) is 0.513. The van der Waals surface area contributed by atoms with Gasteiger partial charge in [-0.2, -0.15) is 0 Å². The number of ether oxygens (including phenoxy) is 1. The Kier molecular flexibility index (Phi) is 5.33. The molecule has 1 N–H and O–H groups in total. The number of benzene rings is 2. The van der Waals surface area contributed by atoms with Gasteiger partial charge < -0.3 is 10.1 Å². The van der Waals surface area contributed by atoms with E-state index in [0.29, 0.717) is 26.7 Å². The van der Waals surface area contributed by atoms with Crippen LogP contribution in [0.2, 0.25) is 5.02 Å². The minimum absolute atomic E-state index is 0.171. The summed E-state index contributed by atoms with van der Waals surface area (Å²) in [4.78, 5) is 30.6. The molecular weight excluding hydrogens is 410 g/mol. The zero-order valence-corrected chi connectivity index (χ0v) is 17.0. The van der Waals surface area contributed by atoms with Crippen LogP contribution in [0.1, 0.15) is 0 Å². The number of carbonyl (C=O) groups is 1. The monoisotopic (exact) mass is 425 g/mol. The lowest BCUT2D eigenvalue weighted by Crippen LogP contribution is -2.27. The normalized spacial score (nSPS) is 10.8. The Labute approximate surface area is 175 Å². The summed E-state index contributed by atoms with van der Waals surface area (Å²) < 4.78 is 7.03. The van der Waals surface area contributed by atoms with Crippen LogP contribution < -0.4 is 15.6 Å². The number of methoxy groups -OCH3 is 1. The van der Waals surface area contributed by atoms with Gasteiger partial charge in [-0.15, -0.1) is 11.3 Å². The molecule has 0 saturated carbocycles. The van der Waals surface area contributed by atoms with Crippen LogP contribution in [0, 0.1) is 0 Å². The van der Waals surface area contributed by atoms with Gasteiger partial charge in [0.1, 0.15) is 17.0 Å². The lowest BCUT2D eigenvalue weighted by atomic mass is 10.2. The fourth-order valence-corrected chi connectivity index (χ4v) is 4.16. The van der Waals surface area contributed by atoms with Crippen molar-refractivity contribution in [1.82, 2.24) is 9.55 Å². The molecule has 0 spiro atoms. The van der Waals surface area contributed by atoms with Crippen molar-refractivity contribution >= 4 is 44.7 Å². The molecule has 2 aromatic heterocycles. The summed E-state index contributed by atoms with van der Waals surface area (Å²) in [6.07, 6.45) is 1.39. The molecule has 4 aromatic rings. The minimum Gasteiger partial charge on any atom is -0.495 e. The smallest absolute Gasteiger partial charge is 0.271 e. The Hall–Kier alpha value is -3.16. The van der Waals surface area contributed by atoms with Crippen LogP contribution in [-0.2, 0) is 11.3 Å². The van der Waals surface area contributed by atoms with Crippen molar-refractivity contribution in [3.05, 3.63) is 76.3 Å². The number of anilines is 1. The molecular formula is C21H16ClN3O3S. The summed E-state index contributed by atoms with van der Waals surface area (Å²) in [6, 6.07) is 16.6. The molecule has 0 aliphatic carbocycles. The highest BCUT2D eigenvalue weighted by molar-refractivity contribution is 7.22. The van der Waals surface area contributed by atoms with E-state index in [0.717, 1.165) is 10.4 Å². The van der Waals surface area contributed by atoms with Crippen LogP contribution in [-0.4, -0.2) is 22.6 Å². The van der Waals surface area contributed by atoms with Crippen LogP contribution in [0.15, 0.2) is 65.7 Å². The van der Waals surface area contributed by atoms with Gasteiger partial charge in [0.25, 0.3) is 5.56 Å². The molecule has 0 radical (unpaired) electrons. The van der Waals surface area contributed by atoms with Crippen molar-refractivity contribution < 1.29 is 9.53 Å². The first-order valence-electron chi connectivity index (χ1n) is 8.73. The zero-order chi connectivity index (χ0) is 20.4. The van der Waals surface area contributed by atoms with Gasteiger partial charge >= 0.3 is 0 Å². The van der Waals surface area contributed by atoms with E-state index >= 15 is 0 Å². The van der Waals surface area contributed by atoms with E-state index in [9.17, 15) is 9.59 Å². The first-order valence-corrected chi connectivity index (χ1v) is 9.92. The highest BCUT2D eigenvalue weighted by Gasteiger charge is 2.14. The lowest BCUT2D eigenvalue weighted by Gasteiger charge is -2.11. The minimum atomic E-state index is -0.381. The summed E-state index contributed by atoms with van der Waals surface area (Å²) >= 11 is 7.36. The van der Waals surface area contributed by atoms with Gasteiger partial charge in [-0.1, -0.05) is 41.9 Å². The molecule has 2 aromatic carbocycles. The molecule has 0 fully saturated rings. The fraction of sp³-hybridized carbons (Fsp3) is 0.0952. The Morgan fingerprint density at radius 1 is 1.21 bits per heavy atom. The average Bonchev–Trinajstić information content (AvgIpc) is 3.16. The lowest BCUT2D eigenvalue weighted by molar-refractivity contribution is -0.116. The molecule has 0 bridgehead atoms. The molecule has 0 unspecified atom stereocenters. The van der Waals surface area contributed by atoms with Gasteiger partial charge in [0.15, 0.2) is 0 Å². The molecule has 0 saturated heterocycles. The molecule has 0 aliphatic rings. The van der Waals surface area contributed by atoms with Crippen LogP contribution in [0.4, 0.5) is 5.69 Å². The molecule has 1 amide bonds. The number of rotatable bonds is 5. The van der Waals surface area contributed by atoms with Crippen molar-refractivity contribution in [3.63, 3.8) is 0 Å². The number of thiophene rings is 1. The van der Waals surface area contributed by atoms with E-state index in [1.54, 1.807) is 18.2 Å². The topological polar surface area (TPSA) is 73.2 Å². The summed E-state index contributed by atoms with van der Waals surface area (Å²) in [6.45, 7) is -0.171.